The fourth-order valence-corrected chi connectivity index (χ4v) is 2.38. The number of nitrogens with one attached hydrogen (secondary N) is 2. The Labute approximate surface area is 142 Å². The SMILES string of the molecule is CC(=O)N[C@@H]1C(=Nc2ccccc2NC(=O)O)O[C@H](CO)[C@@H](O)[C@@H]1O. The lowest BCUT2D eigenvalue weighted by atomic mass is 9.97. The summed E-state index contributed by atoms with van der Waals surface area (Å²) in [4.78, 5) is 26.4. The van der Waals surface area contributed by atoms with Crippen LogP contribution < -0.4 is 10.6 Å². The number of aliphatic hydroxyl groups is 3. The molecule has 10 heteroatoms. The number of aliphatic hydroxyl groups excluding tert-OH is 3. The van der Waals surface area contributed by atoms with E-state index in [1.165, 1.54) is 19.1 Å². The van der Waals surface area contributed by atoms with Crippen LogP contribution in [-0.4, -0.2) is 69.3 Å². The van der Waals surface area contributed by atoms with Crippen LogP contribution in [-0.2, 0) is 9.53 Å². The smallest absolute Gasteiger partial charge is 0.409 e. The predicted octanol–water partition coefficient (Wildman–Crippen LogP) is -0.576. The summed E-state index contributed by atoms with van der Waals surface area (Å²) in [5.74, 6) is -0.654. The van der Waals surface area contributed by atoms with Gasteiger partial charge in [-0.3, -0.25) is 10.1 Å². The number of carbonyl (C=O) groups excluding carboxylic acids is 1. The molecule has 1 aromatic rings. The zero-order chi connectivity index (χ0) is 18.6. The van der Waals surface area contributed by atoms with Crippen LogP contribution in [0.4, 0.5) is 16.2 Å². The van der Waals surface area contributed by atoms with Gasteiger partial charge in [-0.2, -0.15) is 0 Å². The minimum atomic E-state index is -1.46. The van der Waals surface area contributed by atoms with E-state index in [9.17, 15) is 24.9 Å². The number of carboxylic acid groups (broad SMARTS) is 1. The van der Waals surface area contributed by atoms with E-state index < -0.39 is 43.0 Å². The van der Waals surface area contributed by atoms with Gasteiger partial charge in [0.1, 0.15) is 18.2 Å². The number of carbonyl (C=O) groups is 2. The second kappa shape index (κ2) is 7.92. The molecule has 0 aliphatic carbocycles. The molecule has 1 saturated heterocycles. The van der Waals surface area contributed by atoms with Crippen molar-refractivity contribution >= 4 is 29.3 Å². The van der Waals surface area contributed by atoms with Crippen LogP contribution >= 0.6 is 0 Å². The summed E-state index contributed by atoms with van der Waals surface area (Å²) in [7, 11) is 0. The number of anilines is 1. The van der Waals surface area contributed by atoms with Gasteiger partial charge < -0.3 is 30.5 Å². The first-order chi connectivity index (χ1) is 11.8. The van der Waals surface area contributed by atoms with Gasteiger partial charge in [-0.15, -0.1) is 0 Å². The van der Waals surface area contributed by atoms with Crippen molar-refractivity contribution in [3.05, 3.63) is 24.3 Å². The Hall–Kier alpha value is -2.69. The molecule has 4 atom stereocenters. The molecule has 2 rings (SSSR count). The summed E-state index contributed by atoms with van der Waals surface area (Å²) in [5, 5.41) is 42.9. The van der Waals surface area contributed by atoms with Crippen LogP contribution in [0.25, 0.3) is 0 Å². The largest absolute Gasteiger partial charge is 0.471 e. The summed E-state index contributed by atoms with van der Waals surface area (Å²) in [6.45, 7) is 0.633. The number of hydrogen-bond acceptors (Lipinski definition) is 7. The molecule has 10 nitrogen and oxygen atoms in total. The van der Waals surface area contributed by atoms with Crippen LogP contribution in [0.15, 0.2) is 29.3 Å². The van der Waals surface area contributed by atoms with E-state index in [1.54, 1.807) is 12.1 Å². The van der Waals surface area contributed by atoms with Gasteiger partial charge in [-0.1, -0.05) is 12.1 Å². The predicted molar refractivity (Wildman–Crippen MR) is 86.8 cm³/mol. The highest BCUT2D eigenvalue weighted by atomic mass is 16.5. The fraction of sp³-hybridized carbons (Fsp3) is 0.400. The van der Waals surface area contributed by atoms with Gasteiger partial charge >= 0.3 is 6.09 Å². The first-order valence-electron chi connectivity index (χ1n) is 7.41. The van der Waals surface area contributed by atoms with Crippen molar-refractivity contribution in [2.45, 2.75) is 31.3 Å². The van der Waals surface area contributed by atoms with Gasteiger partial charge in [0, 0.05) is 6.92 Å². The van der Waals surface area contributed by atoms with Gasteiger partial charge in [-0.05, 0) is 12.1 Å². The molecule has 0 bridgehead atoms. The van der Waals surface area contributed by atoms with Crippen LogP contribution in [0.1, 0.15) is 6.92 Å². The third-order valence-corrected chi connectivity index (χ3v) is 3.53. The normalized spacial score (nSPS) is 27.4. The summed E-state index contributed by atoms with van der Waals surface area (Å²) in [5.41, 5.74) is 0.337. The summed E-state index contributed by atoms with van der Waals surface area (Å²) >= 11 is 0. The Kier molecular flexibility index (Phi) is 5.91. The zero-order valence-corrected chi connectivity index (χ0v) is 13.3. The number of nitrogens with zero attached hydrogens (tertiary/aromatic N) is 1. The van der Waals surface area contributed by atoms with Crippen molar-refractivity contribution < 1.29 is 34.8 Å². The Morgan fingerprint density at radius 1 is 1.24 bits per heavy atom. The lowest BCUT2D eigenvalue weighted by Crippen LogP contribution is -2.62. The minimum absolute atomic E-state index is 0.160. The van der Waals surface area contributed by atoms with Gasteiger partial charge in [-0.25, -0.2) is 9.79 Å². The average molecular weight is 353 g/mol. The Morgan fingerprint density at radius 3 is 2.52 bits per heavy atom. The van der Waals surface area contributed by atoms with Crippen LogP contribution in [0.2, 0.25) is 0 Å². The zero-order valence-electron chi connectivity index (χ0n) is 13.3. The molecule has 25 heavy (non-hydrogen) atoms. The van der Waals surface area contributed by atoms with Gasteiger partial charge in [0.2, 0.25) is 11.8 Å². The van der Waals surface area contributed by atoms with E-state index in [0.29, 0.717) is 0 Å². The maximum atomic E-state index is 11.4. The standard InChI is InChI=1S/C15H19N3O7/c1-7(20)16-11-13(22)12(21)10(6-19)25-14(11)17-8-4-2-3-5-9(8)18-15(23)24/h2-5,10-13,18-19,21-22H,6H2,1H3,(H,16,20)(H,23,24)/t10-,11+,12-,13-/m1/s1. The van der Waals surface area contributed by atoms with E-state index in [-0.39, 0.29) is 17.3 Å². The number of amides is 2. The lowest BCUT2D eigenvalue weighted by Gasteiger charge is -2.38. The molecule has 0 saturated carbocycles. The molecule has 1 fully saturated rings. The Morgan fingerprint density at radius 2 is 1.92 bits per heavy atom. The Balaban J connectivity index is 2.43. The molecular formula is C15H19N3O7. The third kappa shape index (κ3) is 4.44. The molecule has 0 unspecified atom stereocenters. The first kappa shape index (κ1) is 18.6. The van der Waals surface area contributed by atoms with E-state index in [4.69, 9.17) is 9.84 Å². The van der Waals surface area contributed by atoms with E-state index in [2.05, 4.69) is 15.6 Å². The highest BCUT2D eigenvalue weighted by Gasteiger charge is 2.43. The summed E-state index contributed by atoms with van der Waals surface area (Å²) < 4.78 is 5.40. The van der Waals surface area contributed by atoms with Crippen LogP contribution in [0.3, 0.4) is 0 Å². The molecule has 1 aliphatic rings. The molecule has 1 heterocycles. The first-order valence-corrected chi connectivity index (χ1v) is 7.41. The van der Waals surface area contributed by atoms with Gasteiger partial charge in [0.25, 0.3) is 0 Å². The monoisotopic (exact) mass is 353 g/mol. The second-order valence-corrected chi connectivity index (χ2v) is 5.40. The third-order valence-electron chi connectivity index (χ3n) is 3.53. The summed E-state index contributed by atoms with van der Waals surface area (Å²) in [6.07, 6.45) is -5.33. The maximum Gasteiger partial charge on any atom is 0.409 e. The average Bonchev–Trinajstić information content (AvgIpc) is 2.55. The molecule has 6 N–H and O–H groups in total. The molecule has 0 radical (unpaired) electrons. The van der Waals surface area contributed by atoms with E-state index >= 15 is 0 Å². The molecule has 1 aromatic carbocycles. The topological polar surface area (TPSA) is 161 Å². The molecule has 0 aromatic heterocycles. The molecule has 1 aliphatic heterocycles. The van der Waals surface area contributed by atoms with Crippen molar-refractivity contribution in [3.63, 3.8) is 0 Å². The quantitative estimate of drug-likeness (QED) is 0.422. The van der Waals surface area contributed by atoms with Crippen molar-refractivity contribution in [2.24, 2.45) is 4.99 Å². The van der Waals surface area contributed by atoms with Gasteiger partial charge in [0.05, 0.1) is 18.0 Å². The van der Waals surface area contributed by atoms with Crippen molar-refractivity contribution in [1.82, 2.24) is 5.32 Å². The lowest BCUT2D eigenvalue weighted by molar-refractivity contribution is -0.125. The van der Waals surface area contributed by atoms with E-state index in [0.717, 1.165) is 0 Å². The van der Waals surface area contributed by atoms with E-state index in [1.807, 2.05) is 0 Å². The summed E-state index contributed by atoms with van der Waals surface area (Å²) in [6, 6.07) is 5.01. The molecule has 136 valence electrons. The second-order valence-electron chi connectivity index (χ2n) is 5.40. The number of aliphatic imine (C=N–C) groups is 1. The number of rotatable bonds is 4. The minimum Gasteiger partial charge on any atom is -0.471 e. The Bertz CT molecular complexity index is 679. The van der Waals surface area contributed by atoms with Crippen LogP contribution in [0, 0.1) is 0 Å². The maximum absolute atomic E-state index is 11.4. The number of ether oxygens (including phenoxy) is 1. The molecule has 2 amide bonds. The number of hydrogen-bond donors (Lipinski definition) is 6. The fourth-order valence-electron chi connectivity index (χ4n) is 2.38. The van der Waals surface area contributed by atoms with Crippen molar-refractivity contribution in [3.8, 4) is 0 Å². The van der Waals surface area contributed by atoms with Gasteiger partial charge in [0.15, 0.2) is 6.10 Å². The van der Waals surface area contributed by atoms with Crippen molar-refractivity contribution in [2.75, 3.05) is 11.9 Å². The molecular weight excluding hydrogens is 334 g/mol. The highest BCUT2D eigenvalue weighted by molar-refractivity contribution is 5.93. The molecule has 0 spiro atoms. The van der Waals surface area contributed by atoms with Crippen molar-refractivity contribution in [1.29, 1.82) is 0 Å². The number of para-hydroxylation sites is 2. The number of benzene rings is 1. The van der Waals surface area contributed by atoms with Crippen LogP contribution in [0.5, 0.6) is 0 Å². The highest BCUT2D eigenvalue weighted by Crippen LogP contribution is 2.27.